The van der Waals surface area contributed by atoms with E-state index in [9.17, 15) is 0 Å². The lowest BCUT2D eigenvalue weighted by Crippen LogP contribution is -2.29. The molecule has 4 nitrogen and oxygen atoms in total. The molecule has 19 heavy (non-hydrogen) atoms. The lowest BCUT2D eigenvalue weighted by Gasteiger charge is -2.21. The standard InChI is InChI=1S/C15H25N3O/c1-3-13(16)12-9-10-17-15(19-4-2)14(12)18-11-7-5-6-8-11/h11H,3-10,16H2,1-2H3. The zero-order valence-corrected chi connectivity index (χ0v) is 12.1. The zero-order chi connectivity index (χ0) is 13.7. The Balaban J connectivity index is 2.32. The Morgan fingerprint density at radius 2 is 2.11 bits per heavy atom. The molecule has 0 bridgehead atoms. The molecular weight excluding hydrogens is 238 g/mol. The van der Waals surface area contributed by atoms with E-state index in [0.29, 0.717) is 18.5 Å². The summed E-state index contributed by atoms with van der Waals surface area (Å²) in [6.45, 7) is 5.45. The van der Waals surface area contributed by atoms with Crippen molar-refractivity contribution < 1.29 is 4.74 Å². The van der Waals surface area contributed by atoms with Crippen LogP contribution >= 0.6 is 0 Å². The average Bonchev–Trinajstić information content (AvgIpc) is 2.93. The summed E-state index contributed by atoms with van der Waals surface area (Å²) < 4.78 is 5.66. The molecule has 2 rings (SSSR count). The number of hydrogen-bond acceptors (Lipinski definition) is 4. The van der Waals surface area contributed by atoms with Crippen LogP contribution < -0.4 is 5.73 Å². The van der Waals surface area contributed by atoms with E-state index in [2.05, 4.69) is 11.9 Å². The van der Waals surface area contributed by atoms with E-state index in [1.54, 1.807) is 0 Å². The van der Waals surface area contributed by atoms with Crippen LogP contribution in [0.1, 0.15) is 52.4 Å². The molecule has 1 heterocycles. The highest BCUT2D eigenvalue weighted by atomic mass is 16.5. The molecule has 106 valence electrons. The van der Waals surface area contributed by atoms with Gasteiger partial charge in [-0.3, -0.25) is 4.99 Å². The van der Waals surface area contributed by atoms with Crippen molar-refractivity contribution in [1.82, 2.24) is 0 Å². The lowest BCUT2D eigenvalue weighted by molar-refractivity contribution is 0.331. The van der Waals surface area contributed by atoms with Gasteiger partial charge in [0.2, 0.25) is 5.90 Å². The summed E-state index contributed by atoms with van der Waals surface area (Å²) in [4.78, 5) is 9.39. The maximum Gasteiger partial charge on any atom is 0.235 e. The predicted molar refractivity (Wildman–Crippen MR) is 79.7 cm³/mol. The van der Waals surface area contributed by atoms with E-state index in [1.165, 1.54) is 25.7 Å². The number of ether oxygens (including phenoxy) is 1. The minimum absolute atomic E-state index is 0.429. The molecule has 0 spiro atoms. The van der Waals surface area contributed by atoms with Crippen LogP contribution in [-0.4, -0.2) is 30.8 Å². The molecule has 0 aromatic heterocycles. The third-order valence-corrected chi connectivity index (χ3v) is 3.79. The van der Waals surface area contributed by atoms with Gasteiger partial charge in [0.15, 0.2) is 0 Å². The van der Waals surface area contributed by atoms with Gasteiger partial charge >= 0.3 is 0 Å². The highest BCUT2D eigenvalue weighted by Crippen LogP contribution is 2.24. The SMILES string of the molecule is CCOC1=NCCC(=C(N)CC)C1=NC1CCCC1. The van der Waals surface area contributed by atoms with Crippen LogP contribution in [-0.2, 0) is 4.74 Å². The first-order chi connectivity index (χ1) is 9.26. The number of allylic oxidation sites excluding steroid dienone is 1. The van der Waals surface area contributed by atoms with Crippen LogP contribution in [0.2, 0.25) is 0 Å². The smallest absolute Gasteiger partial charge is 0.235 e. The Morgan fingerprint density at radius 3 is 2.74 bits per heavy atom. The van der Waals surface area contributed by atoms with Crippen molar-refractivity contribution in [1.29, 1.82) is 0 Å². The van der Waals surface area contributed by atoms with Gasteiger partial charge in [-0.2, -0.15) is 0 Å². The molecule has 1 aliphatic carbocycles. The van der Waals surface area contributed by atoms with E-state index < -0.39 is 0 Å². The van der Waals surface area contributed by atoms with Crippen LogP contribution in [0.5, 0.6) is 0 Å². The van der Waals surface area contributed by atoms with Crippen LogP contribution in [0.3, 0.4) is 0 Å². The minimum Gasteiger partial charge on any atom is -0.477 e. The predicted octanol–water partition coefficient (Wildman–Crippen LogP) is 2.83. The van der Waals surface area contributed by atoms with Crippen molar-refractivity contribution in [2.45, 2.75) is 58.4 Å². The van der Waals surface area contributed by atoms with Gasteiger partial charge in [0, 0.05) is 17.8 Å². The number of nitrogens with two attached hydrogens (primary N) is 1. The van der Waals surface area contributed by atoms with E-state index >= 15 is 0 Å². The van der Waals surface area contributed by atoms with Crippen LogP contribution in [0, 0.1) is 0 Å². The molecule has 0 unspecified atom stereocenters. The van der Waals surface area contributed by atoms with Gasteiger partial charge in [0.05, 0.1) is 12.6 Å². The summed E-state index contributed by atoms with van der Waals surface area (Å²) in [5.41, 5.74) is 9.18. The molecule has 0 amide bonds. The van der Waals surface area contributed by atoms with Crippen molar-refractivity contribution in [3.8, 4) is 0 Å². The van der Waals surface area contributed by atoms with E-state index in [-0.39, 0.29) is 0 Å². The van der Waals surface area contributed by atoms with Gasteiger partial charge in [0.25, 0.3) is 0 Å². The van der Waals surface area contributed by atoms with Gasteiger partial charge in [-0.1, -0.05) is 19.8 Å². The topological polar surface area (TPSA) is 60.0 Å². The summed E-state index contributed by atoms with van der Waals surface area (Å²) in [6, 6.07) is 0.429. The van der Waals surface area contributed by atoms with Crippen molar-refractivity contribution in [2.75, 3.05) is 13.2 Å². The molecular formula is C15H25N3O. The maximum absolute atomic E-state index is 6.16. The van der Waals surface area contributed by atoms with Gasteiger partial charge in [-0.15, -0.1) is 0 Å². The molecule has 0 aromatic rings. The second-order valence-corrected chi connectivity index (χ2v) is 5.14. The number of aliphatic imine (C=N–C) groups is 2. The average molecular weight is 263 g/mol. The maximum atomic E-state index is 6.16. The molecule has 1 saturated carbocycles. The Bertz CT molecular complexity index is 404. The molecule has 2 N–H and O–H groups in total. The number of hydrogen-bond donors (Lipinski definition) is 1. The molecule has 4 heteroatoms. The van der Waals surface area contributed by atoms with E-state index in [0.717, 1.165) is 36.4 Å². The van der Waals surface area contributed by atoms with E-state index in [1.807, 2.05) is 6.92 Å². The fraction of sp³-hybridized carbons (Fsp3) is 0.733. The quantitative estimate of drug-likeness (QED) is 0.851. The van der Waals surface area contributed by atoms with Crippen molar-refractivity contribution in [2.24, 2.45) is 15.7 Å². The minimum atomic E-state index is 0.429. The second-order valence-electron chi connectivity index (χ2n) is 5.14. The highest BCUT2D eigenvalue weighted by molar-refractivity contribution is 6.46. The van der Waals surface area contributed by atoms with Gasteiger partial charge in [0.1, 0.15) is 5.71 Å². The molecule has 2 aliphatic rings. The summed E-state index contributed by atoms with van der Waals surface area (Å²) in [5.74, 6) is 0.701. The Morgan fingerprint density at radius 1 is 1.37 bits per heavy atom. The van der Waals surface area contributed by atoms with E-state index in [4.69, 9.17) is 15.5 Å². The van der Waals surface area contributed by atoms with Crippen molar-refractivity contribution >= 4 is 11.6 Å². The summed E-state index contributed by atoms with van der Waals surface area (Å²) in [5, 5.41) is 0. The van der Waals surface area contributed by atoms with Gasteiger partial charge < -0.3 is 10.5 Å². The molecule has 1 aliphatic heterocycles. The van der Waals surface area contributed by atoms with Gasteiger partial charge in [-0.05, 0) is 32.6 Å². The Labute approximate surface area is 115 Å². The fourth-order valence-electron chi connectivity index (χ4n) is 2.72. The summed E-state index contributed by atoms with van der Waals surface area (Å²) >= 11 is 0. The molecule has 0 aromatic carbocycles. The number of rotatable bonds is 3. The van der Waals surface area contributed by atoms with Crippen molar-refractivity contribution in [3.05, 3.63) is 11.3 Å². The fourth-order valence-corrected chi connectivity index (χ4v) is 2.72. The van der Waals surface area contributed by atoms with Crippen LogP contribution in [0.15, 0.2) is 21.3 Å². The van der Waals surface area contributed by atoms with Gasteiger partial charge in [-0.25, -0.2) is 4.99 Å². The zero-order valence-electron chi connectivity index (χ0n) is 12.1. The van der Waals surface area contributed by atoms with Crippen molar-refractivity contribution in [3.63, 3.8) is 0 Å². The Kier molecular flexibility index (Phi) is 5.00. The summed E-state index contributed by atoms with van der Waals surface area (Å²) in [6.07, 6.45) is 6.68. The Hall–Kier alpha value is -1.32. The normalized spacial score (nSPS) is 25.6. The lowest BCUT2D eigenvalue weighted by atomic mass is 10.00. The first-order valence-corrected chi connectivity index (χ1v) is 7.49. The monoisotopic (exact) mass is 263 g/mol. The van der Waals surface area contributed by atoms with Crippen LogP contribution in [0.4, 0.5) is 0 Å². The first-order valence-electron chi connectivity index (χ1n) is 7.49. The third kappa shape index (κ3) is 3.37. The summed E-state index contributed by atoms with van der Waals surface area (Å²) in [7, 11) is 0. The van der Waals surface area contributed by atoms with Crippen LogP contribution in [0.25, 0.3) is 0 Å². The largest absolute Gasteiger partial charge is 0.477 e. The molecule has 0 radical (unpaired) electrons. The molecule has 0 atom stereocenters. The highest BCUT2D eigenvalue weighted by Gasteiger charge is 2.24. The number of nitrogens with zero attached hydrogens (tertiary/aromatic N) is 2. The first kappa shape index (κ1) is 14.1. The second kappa shape index (κ2) is 6.73. The third-order valence-electron chi connectivity index (χ3n) is 3.79. The molecule has 0 saturated heterocycles. The molecule has 1 fully saturated rings.